The van der Waals surface area contributed by atoms with E-state index in [2.05, 4.69) is 15.3 Å². The van der Waals surface area contributed by atoms with Gasteiger partial charge in [0.05, 0.1) is 0 Å². The molecule has 0 atom stereocenters. The summed E-state index contributed by atoms with van der Waals surface area (Å²) in [5.41, 5.74) is -0.560. The maximum Gasteiger partial charge on any atom is 0.413 e. The molecule has 7 nitrogen and oxygen atoms in total. The van der Waals surface area contributed by atoms with Crippen molar-refractivity contribution in [1.82, 2.24) is 9.97 Å². The fraction of sp³-hybridized carbons (Fsp3) is 0.250. The van der Waals surface area contributed by atoms with Gasteiger partial charge in [-0.15, -0.1) is 0 Å². The summed E-state index contributed by atoms with van der Waals surface area (Å²) in [5, 5.41) is 11.8. The van der Waals surface area contributed by atoms with Gasteiger partial charge in [0.25, 0.3) is 0 Å². The van der Waals surface area contributed by atoms with Gasteiger partial charge in [0.15, 0.2) is 0 Å². The number of aromatic carboxylic acids is 1. The van der Waals surface area contributed by atoms with Crippen LogP contribution < -0.4 is 5.32 Å². The van der Waals surface area contributed by atoms with Crippen LogP contribution in [0, 0.1) is 0 Å². The number of halogens is 2. The third-order valence-electron chi connectivity index (χ3n) is 2.29. The minimum atomic E-state index is -1.07. The highest BCUT2D eigenvalue weighted by atomic mass is 35.5. The number of carboxylic acid groups (broad SMARTS) is 1. The number of amides is 1. The van der Waals surface area contributed by atoms with E-state index in [9.17, 15) is 9.59 Å². The third kappa shape index (κ3) is 8.88. The molecule has 2 aromatic heterocycles. The Balaban J connectivity index is 0.000000271. The lowest BCUT2D eigenvalue weighted by Crippen LogP contribution is -2.27. The Morgan fingerprint density at radius 2 is 1.64 bits per heavy atom. The Labute approximate surface area is 155 Å². The predicted molar refractivity (Wildman–Crippen MR) is 95.3 cm³/mol. The maximum absolute atomic E-state index is 11.3. The second-order valence-electron chi connectivity index (χ2n) is 5.65. The van der Waals surface area contributed by atoms with Gasteiger partial charge in [0.1, 0.15) is 17.1 Å². The lowest BCUT2D eigenvalue weighted by atomic mass is 10.2. The molecular formula is C16H17Cl2N3O4. The molecule has 0 fully saturated rings. The van der Waals surface area contributed by atoms with E-state index in [1.54, 1.807) is 32.9 Å². The number of pyridine rings is 2. The number of carbonyl (C=O) groups excluding carboxylic acids is 1. The number of aromatic nitrogens is 2. The maximum atomic E-state index is 11.3. The summed E-state index contributed by atoms with van der Waals surface area (Å²) in [4.78, 5) is 29.0. The van der Waals surface area contributed by atoms with Crippen LogP contribution >= 0.6 is 23.2 Å². The van der Waals surface area contributed by atoms with Crippen molar-refractivity contribution in [2.24, 2.45) is 0 Å². The molecule has 0 aliphatic rings. The van der Waals surface area contributed by atoms with Crippen molar-refractivity contribution < 1.29 is 19.4 Å². The van der Waals surface area contributed by atoms with Gasteiger partial charge in [0.2, 0.25) is 0 Å². The minimum Gasteiger partial charge on any atom is -0.477 e. The van der Waals surface area contributed by atoms with Crippen LogP contribution in [0.5, 0.6) is 0 Å². The monoisotopic (exact) mass is 385 g/mol. The first-order chi connectivity index (χ1) is 11.6. The van der Waals surface area contributed by atoms with Crippen molar-refractivity contribution in [3.05, 3.63) is 52.4 Å². The first-order valence-corrected chi connectivity index (χ1v) is 7.79. The van der Waals surface area contributed by atoms with Crippen LogP contribution in [0.25, 0.3) is 0 Å². The summed E-state index contributed by atoms with van der Waals surface area (Å²) in [6.45, 7) is 5.37. The summed E-state index contributed by atoms with van der Waals surface area (Å²) < 4.78 is 5.05. The number of anilines is 1. The second kappa shape index (κ2) is 9.19. The standard InChI is InChI=1S/C10H13ClN2O2.C6H4ClNO2/c1-10(2,3)15-9(14)13-8-6-7(11)4-5-12-8;7-4-1-2-8-5(3-4)6(9)10/h4-6H,1-3H3,(H,12,13,14);1-3H,(H,9,10). The van der Waals surface area contributed by atoms with E-state index in [-0.39, 0.29) is 5.69 Å². The molecule has 2 N–H and O–H groups in total. The lowest BCUT2D eigenvalue weighted by molar-refractivity contribution is 0.0633. The number of ether oxygens (including phenoxy) is 1. The van der Waals surface area contributed by atoms with E-state index in [1.165, 1.54) is 24.5 Å². The Kier molecular flexibility index (Phi) is 7.60. The molecule has 9 heteroatoms. The number of hydrogen-bond acceptors (Lipinski definition) is 5. The van der Waals surface area contributed by atoms with E-state index in [0.29, 0.717) is 15.9 Å². The van der Waals surface area contributed by atoms with E-state index in [4.69, 9.17) is 33.0 Å². The first kappa shape index (κ1) is 20.7. The fourth-order valence-electron chi connectivity index (χ4n) is 1.40. The van der Waals surface area contributed by atoms with Crippen LogP contribution in [0.3, 0.4) is 0 Å². The van der Waals surface area contributed by atoms with Crippen LogP contribution in [0.1, 0.15) is 31.3 Å². The molecule has 0 saturated heterocycles. The molecule has 0 spiro atoms. The number of carboxylic acids is 1. The van der Waals surface area contributed by atoms with Crippen LogP contribution in [0.15, 0.2) is 36.7 Å². The number of hydrogen-bond donors (Lipinski definition) is 2. The van der Waals surface area contributed by atoms with E-state index in [0.717, 1.165) is 0 Å². The van der Waals surface area contributed by atoms with E-state index < -0.39 is 17.7 Å². The predicted octanol–water partition coefficient (Wildman–Crippen LogP) is 4.52. The zero-order valence-corrected chi connectivity index (χ0v) is 15.3. The van der Waals surface area contributed by atoms with Gasteiger partial charge in [-0.25, -0.2) is 19.6 Å². The van der Waals surface area contributed by atoms with Gasteiger partial charge in [-0.1, -0.05) is 23.2 Å². The average molecular weight is 386 g/mol. The molecule has 0 aliphatic carbocycles. The van der Waals surface area contributed by atoms with Gasteiger partial charge in [-0.05, 0) is 45.0 Å². The largest absolute Gasteiger partial charge is 0.477 e. The lowest BCUT2D eigenvalue weighted by Gasteiger charge is -2.19. The molecule has 1 amide bonds. The van der Waals surface area contributed by atoms with E-state index in [1.807, 2.05) is 0 Å². The molecule has 2 aromatic rings. The molecule has 2 heterocycles. The molecule has 25 heavy (non-hydrogen) atoms. The highest BCUT2D eigenvalue weighted by molar-refractivity contribution is 6.31. The van der Waals surface area contributed by atoms with Crippen molar-refractivity contribution >= 4 is 41.1 Å². The summed E-state index contributed by atoms with van der Waals surface area (Å²) >= 11 is 11.2. The molecule has 0 saturated carbocycles. The van der Waals surface area contributed by atoms with Gasteiger partial charge in [0, 0.05) is 22.4 Å². The second-order valence-corrected chi connectivity index (χ2v) is 6.52. The van der Waals surface area contributed by atoms with Crippen molar-refractivity contribution in [2.45, 2.75) is 26.4 Å². The van der Waals surface area contributed by atoms with Crippen molar-refractivity contribution in [3.63, 3.8) is 0 Å². The zero-order valence-electron chi connectivity index (χ0n) is 13.8. The summed E-state index contributed by atoms with van der Waals surface area (Å²) in [5.74, 6) is -0.695. The van der Waals surface area contributed by atoms with Crippen molar-refractivity contribution in [2.75, 3.05) is 5.32 Å². The highest BCUT2D eigenvalue weighted by Crippen LogP contribution is 2.13. The highest BCUT2D eigenvalue weighted by Gasteiger charge is 2.16. The van der Waals surface area contributed by atoms with Crippen molar-refractivity contribution in [3.8, 4) is 0 Å². The smallest absolute Gasteiger partial charge is 0.413 e. The number of rotatable bonds is 2. The van der Waals surface area contributed by atoms with E-state index >= 15 is 0 Å². The molecule has 0 radical (unpaired) electrons. The van der Waals surface area contributed by atoms with Gasteiger partial charge < -0.3 is 9.84 Å². The topological polar surface area (TPSA) is 101 Å². The quantitative estimate of drug-likeness (QED) is 0.787. The zero-order chi connectivity index (χ0) is 19.0. The number of carbonyl (C=O) groups is 2. The van der Waals surface area contributed by atoms with Gasteiger partial charge in [-0.2, -0.15) is 0 Å². The Morgan fingerprint density at radius 1 is 1.08 bits per heavy atom. The molecule has 2 rings (SSSR count). The average Bonchev–Trinajstić information content (AvgIpc) is 2.45. The Morgan fingerprint density at radius 3 is 2.08 bits per heavy atom. The molecule has 134 valence electrons. The fourth-order valence-corrected chi connectivity index (χ4v) is 1.72. The van der Waals surface area contributed by atoms with Gasteiger partial charge in [-0.3, -0.25) is 5.32 Å². The van der Waals surface area contributed by atoms with Crippen LogP contribution in [0.4, 0.5) is 10.6 Å². The molecule has 0 unspecified atom stereocenters. The number of nitrogens with zero attached hydrogens (tertiary/aromatic N) is 2. The van der Waals surface area contributed by atoms with Crippen LogP contribution in [-0.4, -0.2) is 32.7 Å². The van der Waals surface area contributed by atoms with Gasteiger partial charge >= 0.3 is 12.1 Å². The summed E-state index contributed by atoms with van der Waals surface area (Å²) in [7, 11) is 0. The SMILES string of the molecule is CC(C)(C)OC(=O)Nc1cc(Cl)ccn1.O=C(O)c1cc(Cl)ccn1. The van der Waals surface area contributed by atoms with Crippen LogP contribution in [0.2, 0.25) is 10.0 Å². The van der Waals surface area contributed by atoms with Crippen LogP contribution in [-0.2, 0) is 4.74 Å². The normalized spacial score (nSPS) is 10.3. The number of nitrogens with one attached hydrogen (secondary N) is 1. The molecular weight excluding hydrogens is 369 g/mol. The Bertz CT molecular complexity index is 748. The molecule has 0 bridgehead atoms. The molecule has 0 aromatic carbocycles. The minimum absolute atomic E-state index is 0.0347. The Hall–Kier alpha value is -2.38. The van der Waals surface area contributed by atoms with Crippen molar-refractivity contribution in [1.29, 1.82) is 0 Å². The third-order valence-corrected chi connectivity index (χ3v) is 2.76. The summed E-state index contributed by atoms with van der Waals surface area (Å²) in [6.07, 6.45) is 2.32. The molecule has 0 aliphatic heterocycles. The first-order valence-electron chi connectivity index (χ1n) is 7.03. The summed E-state index contributed by atoms with van der Waals surface area (Å²) in [6, 6.07) is 5.99.